The van der Waals surface area contributed by atoms with Crippen molar-refractivity contribution in [3.8, 4) is 5.75 Å². The van der Waals surface area contributed by atoms with E-state index < -0.39 is 41.2 Å². The minimum atomic E-state index is -4.59. The number of carbonyl (C=O) groups is 1. The second-order valence-corrected chi connectivity index (χ2v) is 6.15. The molecule has 0 aliphatic heterocycles. The molecule has 1 amide bonds. The lowest BCUT2D eigenvalue weighted by molar-refractivity contribution is -0.198. The molecule has 0 fully saturated rings. The van der Waals surface area contributed by atoms with Crippen LogP contribution in [0.3, 0.4) is 0 Å². The van der Waals surface area contributed by atoms with E-state index in [0.717, 1.165) is 41.6 Å². The molecule has 3 aromatic rings. The van der Waals surface area contributed by atoms with E-state index in [9.17, 15) is 23.8 Å². The predicted molar refractivity (Wildman–Crippen MR) is 92.0 cm³/mol. The van der Waals surface area contributed by atoms with Gasteiger partial charge in [0.2, 0.25) is 0 Å². The average molecular weight is 410 g/mol. The number of benzene rings is 2. The zero-order valence-corrected chi connectivity index (χ0v) is 14.6. The van der Waals surface area contributed by atoms with Gasteiger partial charge in [-0.05, 0) is 36.4 Å². The summed E-state index contributed by atoms with van der Waals surface area (Å²) < 4.78 is 58.6. The fourth-order valence-corrected chi connectivity index (χ4v) is 2.67. The molecule has 152 valence electrons. The molecule has 3 N–H and O–H groups in total. The van der Waals surface area contributed by atoms with Crippen LogP contribution in [0.4, 0.5) is 23.2 Å². The van der Waals surface area contributed by atoms with Crippen LogP contribution in [-0.2, 0) is 16.9 Å². The maximum absolute atomic E-state index is 15.2. The lowest BCUT2D eigenvalue weighted by Gasteiger charge is -2.35. The summed E-state index contributed by atoms with van der Waals surface area (Å²) in [5, 5.41) is 25.6. The minimum Gasteiger partial charge on any atom is -0.508 e. The van der Waals surface area contributed by atoms with E-state index in [-0.39, 0.29) is 11.4 Å². The molecule has 1 aromatic heterocycles. The Hall–Kier alpha value is -3.47. The monoisotopic (exact) mass is 410 g/mol. The van der Waals surface area contributed by atoms with Crippen molar-refractivity contribution in [3.63, 3.8) is 0 Å². The summed E-state index contributed by atoms with van der Waals surface area (Å²) in [6.45, 7) is -1.05. The first-order valence-corrected chi connectivity index (χ1v) is 8.12. The van der Waals surface area contributed by atoms with Gasteiger partial charge in [0.25, 0.3) is 5.91 Å². The number of anilines is 1. The summed E-state index contributed by atoms with van der Waals surface area (Å²) in [5.41, 5.74) is -4.53. The Balaban J connectivity index is 2.03. The highest BCUT2D eigenvalue weighted by Gasteiger charge is 2.61. The van der Waals surface area contributed by atoms with E-state index in [1.807, 2.05) is 5.32 Å². The Morgan fingerprint density at radius 3 is 2.41 bits per heavy atom. The van der Waals surface area contributed by atoms with Gasteiger partial charge in [0.1, 0.15) is 30.0 Å². The van der Waals surface area contributed by atoms with Crippen LogP contribution < -0.4 is 5.32 Å². The smallest absolute Gasteiger partial charge is 0.358 e. The molecular formula is C18H14F4N4O3. The highest BCUT2D eigenvalue weighted by molar-refractivity contribution is 5.97. The van der Waals surface area contributed by atoms with E-state index >= 15 is 8.78 Å². The highest BCUT2D eigenvalue weighted by Crippen LogP contribution is 2.41. The molecule has 3 rings (SSSR count). The number of hydrogen-bond acceptors (Lipinski definition) is 5. The third-order valence-electron chi connectivity index (χ3n) is 4.16. The molecule has 0 aliphatic carbocycles. The third kappa shape index (κ3) is 3.90. The number of halogens is 4. The van der Waals surface area contributed by atoms with Crippen molar-refractivity contribution in [1.82, 2.24) is 14.8 Å². The zero-order chi connectivity index (χ0) is 21.2. The van der Waals surface area contributed by atoms with E-state index in [1.165, 1.54) is 0 Å². The Morgan fingerprint density at radius 2 is 1.83 bits per heavy atom. The number of nitrogens with zero attached hydrogens (tertiary/aromatic N) is 3. The molecular weight excluding hydrogens is 396 g/mol. The van der Waals surface area contributed by atoms with Crippen molar-refractivity contribution in [2.45, 2.75) is 18.1 Å². The lowest BCUT2D eigenvalue weighted by Crippen LogP contribution is -2.55. The molecule has 0 spiro atoms. The summed E-state index contributed by atoms with van der Waals surface area (Å²) in [6.07, 6.45) is 1.98. The van der Waals surface area contributed by atoms with Crippen molar-refractivity contribution in [1.29, 1.82) is 0 Å². The molecule has 11 heteroatoms. The summed E-state index contributed by atoms with van der Waals surface area (Å²) >= 11 is 0. The second-order valence-electron chi connectivity index (χ2n) is 6.15. The second kappa shape index (κ2) is 7.51. The predicted octanol–water partition coefficient (Wildman–Crippen LogP) is 2.42. The lowest BCUT2D eigenvalue weighted by atomic mass is 9.85. The molecule has 0 bridgehead atoms. The van der Waals surface area contributed by atoms with Gasteiger partial charge >= 0.3 is 5.92 Å². The van der Waals surface area contributed by atoms with E-state index in [4.69, 9.17) is 0 Å². The summed E-state index contributed by atoms with van der Waals surface area (Å²) in [6, 6.07) is 6.22. The fraction of sp³-hybridized carbons (Fsp3) is 0.167. The highest BCUT2D eigenvalue weighted by atomic mass is 19.3. The summed E-state index contributed by atoms with van der Waals surface area (Å²) in [4.78, 5) is 15.9. The summed E-state index contributed by atoms with van der Waals surface area (Å²) in [7, 11) is 0. The molecule has 0 saturated carbocycles. The molecule has 2 aromatic carbocycles. The normalized spacial score (nSPS) is 13.7. The van der Waals surface area contributed by atoms with E-state index in [1.54, 1.807) is 0 Å². The molecule has 29 heavy (non-hydrogen) atoms. The minimum absolute atomic E-state index is 0.102. The largest absolute Gasteiger partial charge is 0.508 e. The van der Waals surface area contributed by atoms with Crippen molar-refractivity contribution < 1.29 is 32.6 Å². The topological polar surface area (TPSA) is 100 Å². The number of aliphatic hydroxyl groups is 1. The molecule has 1 atom stereocenters. The Kier molecular flexibility index (Phi) is 5.25. The molecule has 1 unspecified atom stereocenters. The Labute approximate surface area is 161 Å². The average Bonchev–Trinajstić information content (AvgIpc) is 3.16. The standard InChI is InChI=1S/C18H14F4N4O3/c19-11-1-6-14(15(20)7-11)17(29,8-26-10-23-9-24-26)18(21,22)16(28)25-12-2-4-13(27)5-3-12/h1-7,9-10,27,29H,8H2,(H,25,28). The number of hydrogen-bond donors (Lipinski definition) is 3. The number of carbonyl (C=O) groups excluding carboxylic acids is 1. The van der Waals surface area contributed by atoms with Crippen molar-refractivity contribution >= 4 is 11.6 Å². The Morgan fingerprint density at radius 1 is 1.14 bits per heavy atom. The number of rotatable bonds is 6. The quantitative estimate of drug-likeness (QED) is 0.428. The summed E-state index contributed by atoms with van der Waals surface area (Å²) in [5.74, 6) is -9.22. The van der Waals surface area contributed by atoms with Crippen LogP contribution >= 0.6 is 0 Å². The molecule has 1 heterocycles. The van der Waals surface area contributed by atoms with E-state index in [2.05, 4.69) is 10.1 Å². The number of amides is 1. The van der Waals surface area contributed by atoms with Crippen LogP contribution in [0.5, 0.6) is 5.75 Å². The SMILES string of the molecule is O=C(Nc1ccc(O)cc1)C(F)(F)C(O)(Cn1cncn1)c1ccc(F)cc1F. The van der Waals surface area contributed by atoms with Gasteiger partial charge in [0.05, 0.1) is 6.54 Å². The van der Waals surface area contributed by atoms with Gasteiger partial charge in [-0.25, -0.2) is 18.4 Å². The number of aromatic hydroxyl groups is 1. The van der Waals surface area contributed by atoms with Crippen LogP contribution in [0.1, 0.15) is 5.56 Å². The van der Waals surface area contributed by atoms with Gasteiger partial charge in [-0.1, -0.05) is 0 Å². The van der Waals surface area contributed by atoms with Gasteiger partial charge < -0.3 is 15.5 Å². The van der Waals surface area contributed by atoms with Gasteiger partial charge in [-0.2, -0.15) is 13.9 Å². The molecule has 0 radical (unpaired) electrons. The van der Waals surface area contributed by atoms with Crippen LogP contribution in [0.15, 0.2) is 55.1 Å². The first kappa shape index (κ1) is 20.3. The van der Waals surface area contributed by atoms with E-state index in [0.29, 0.717) is 18.2 Å². The maximum Gasteiger partial charge on any atom is 0.358 e. The van der Waals surface area contributed by atoms with Crippen LogP contribution in [-0.4, -0.2) is 36.8 Å². The van der Waals surface area contributed by atoms with Gasteiger partial charge in [0, 0.05) is 17.3 Å². The Bertz CT molecular complexity index is 1010. The zero-order valence-electron chi connectivity index (χ0n) is 14.6. The fourth-order valence-electron chi connectivity index (χ4n) is 2.67. The number of phenolic OH excluding ortho intramolecular Hbond substituents is 1. The third-order valence-corrected chi connectivity index (χ3v) is 4.16. The molecule has 0 saturated heterocycles. The number of alkyl halides is 2. The van der Waals surface area contributed by atoms with Crippen LogP contribution in [0, 0.1) is 11.6 Å². The maximum atomic E-state index is 15.2. The van der Waals surface area contributed by atoms with Crippen molar-refractivity contribution in [2.24, 2.45) is 0 Å². The molecule has 0 aliphatic rings. The number of phenols is 1. The first-order chi connectivity index (χ1) is 13.6. The first-order valence-electron chi connectivity index (χ1n) is 8.12. The van der Waals surface area contributed by atoms with Crippen molar-refractivity contribution in [2.75, 3.05) is 5.32 Å². The number of nitrogens with one attached hydrogen (secondary N) is 1. The van der Waals surface area contributed by atoms with Gasteiger partial charge in [-0.3, -0.25) is 4.79 Å². The molecule has 7 nitrogen and oxygen atoms in total. The van der Waals surface area contributed by atoms with Gasteiger partial charge in [0.15, 0.2) is 5.60 Å². The van der Waals surface area contributed by atoms with Crippen LogP contribution in [0.2, 0.25) is 0 Å². The van der Waals surface area contributed by atoms with Crippen molar-refractivity contribution in [3.05, 3.63) is 72.3 Å². The van der Waals surface area contributed by atoms with Gasteiger partial charge in [-0.15, -0.1) is 0 Å². The number of aromatic nitrogens is 3. The van der Waals surface area contributed by atoms with Crippen LogP contribution in [0.25, 0.3) is 0 Å².